The first-order valence-corrected chi connectivity index (χ1v) is 8.70. The Morgan fingerprint density at radius 2 is 1.96 bits per heavy atom. The summed E-state index contributed by atoms with van der Waals surface area (Å²) in [6.45, 7) is 4.70. The van der Waals surface area contributed by atoms with E-state index in [2.05, 4.69) is 39.9 Å². The van der Waals surface area contributed by atoms with E-state index in [-0.39, 0.29) is 5.91 Å². The Labute approximate surface area is 151 Å². The molecule has 26 heavy (non-hydrogen) atoms. The van der Waals surface area contributed by atoms with Crippen molar-refractivity contribution in [2.24, 2.45) is 7.05 Å². The summed E-state index contributed by atoms with van der Waals surface area (Å²) >= 11 is 0. The van der Waals surface area contributed by atoms with Crippen molar-refractivity contribution in [1.29, 1.82) is 0 Å². The average molecular weight is 347 g/mol. The molecular weight excluding hydrogens is 326 g/mol. The van der Waals surface area contributed by atoms with E-state index >= 15 is 0 Å². The van der Waals surface area contributed by atoms with Gasteiger partial charge in [-0.05, 0) is 37.6 Å². The highest BCUT2D eigenvalue weighted by atomic mass is 16.1. The number of imidazole rings is 1. The summed E-state index contributed by atoms with van der Waals surface area (Å²) in [5.41, 5.74) is 4.45. The molecule has 4 rings (SSSR count). The maximum Gasteiger partial charge on any atom is 0.272 e. The van der Waals surface area contributed by atoms with Crippen molar-refractivity contribution < 1.29 is 4.79 Å². The number of para-hydroxylation sites is 1. The van der Waals surface area contributed by atoms with E-state index in [4.69, 9.17) is 0 Å². The van der Waals surface area contributed by atoms with Gasteiger partial charge in [-0.3, -0.25) is 9.48 Å². The molecule has 0 atom stereocenters. The van der Waals surface area contributed by atoms with Crippen molar-refractivity contribution in [1.82, 2.24) is 24.6 Å². The predicted molar refractivity (Wildman–Crippen MR) is 102 cm³/mol. The molecule has 1 amide bonds. The summed E-state index contributed by atoms with van der Waals surface area (Å²) in [6, 6.07) is 14.2. The van der Waals surface area contributed by atoms with Crippen LogP contribution in [0.15, 0.2) is 48.8 Å². The van der Waals surface area contributed by atoms with Crippen molar-refractivity contribution >= 4 is 27.8 Å². The molecule has 1 N–H and O–H groups in total. The Morgan fingerprint density at radius 3 is 2.77 bits per heavy atom. The second kappa shape index (κ2) is 6.29. The number of amides is 1. The lowest BCUT2D eigenvalue weighted by Gasteiger charge is -2.08. The van der Waals surface area contributed by atoms with Crippen LogP contribution in [0.1, 0.15) is 35.9 Å². The Balaban J connectivity index is 1.55. The Bertz CT molecular complexity index is 1110. The van der Waals surface area contributed by atoms with Crippen LogP contribution in [0.4, 0.5) is 0 Å². The van der Waals surface area contributed by atoms with Crippen LogP contribution < -0.4 is 5.32 Å². The molecule has 2 aromatic heterocycles. The van der Waals surface area contributed by atoms with Crippen LogP contribution >= 0.6 is 0 Å². The standard InChI is InChI=1S/C20H21N5O/c1-13(2)25-12-22-16-10-14(8-9-18(16)25)11-21-20(26)19-15-6-4-5-7-17(15)24(3)23-19/h4-10,12-13H,11H2,1-3H3,(H,21,26). The predicted octanol–water partition coefficient (Wildman–Crippen LogP) is 3.43. The fourth-order valence-corrected chi connectivity index (χ4v) is 3.25. The van der Waals surface area contributed by atoms with E-state index in [1.807, 2.05) is 49.8 Å². The third-order valence-electron chi connectivity index (χ3n) is 4.62. The number of rotatable bonds is 4. The van der Waals surface area contributed by atoms with Gasteiger partial charge in [-0.15, -0.1) is 0 Å². The van der Waals surface area contributed by atoms with Crippen molar-refractivity contribution in [3.8, 4) is 0 Å². The Morgan fingerprint density at radius 1 is 1.15 bits per heavy atom. The van der Waals surface area contributed by atoms with Crippen molar-refractivity contribution in [3.05, 3.63) is 60.0 Å². The van der Waals surface area contributed by atoms with Crippen LogP contribution in [0.25, 0.3) is 21.9 Å². The first kappa shape index (κ1) is 16.3. The summed E-state index contributed by atoms with van der Waals surface area (Å²) in [5.74, 6) is -0.172. The number of aromatic nitrogens is 4. The van der Waals surface area contributed by atoms with Crippen LogP contribution in [0, 0.1) is 0 Å². The normalized spacial score (nSPS) is 11.5. The van der Waals surface area contributed by atoms with Crippen LogP contribution in [-0.2, 0) is 13.6 Å². The maximum atomic E-state index is 12.6. The van der Waals surface area contributed by atoms with Crippen molar-refractivity contribution in [2.75, 3.05) is 0 Å². The lowest BCUT2D eigenvalue weighted by Crippen LogP contribution is -2.23. The number of aryl methyl sites for hydroxylation is 1. The first-order valence-electron chi connectivity index (χ1n) is 8.70. The number of hydrogen-bond acceptors (Lipinski definition) is 3. The number of carbonyl (C=O) groups excluding carboxylic acids is 1. The highest BCUT2D eigenvalue weighted by Crippen LogP contribution is 2.20. The molecule has 2 aromatic carbocycles. The zero-order valence-corrected chi connectivity index (χ0v) is 15.1. The highest BCUT2D eigenvalue weighted by molar-refractivity contribution is 6.04. The SMILES string of the molecule is CC(C)n1cnc2cc(CNC(=O)c3nn(C)c4ccccc34)ccc21. The monoisotopic (exact) mass is 347 g/mol. The maximum absolute atomic E-state index is 12.6. The van der Waals surface area contributed by atoms with Gasteiger partial charge in [-0.2, -0.15) is 5.10 Å². The van der Waals surface area contributed by atoms with Gasteiger partial charge in [0.2, 0.25) is 0 Å². The molecule has 2 heterocycles. The largest absolute Gasteiger partial charge is 0.347 e. The van der Waals surface area contributed by atoms with Gasteiger partial charge >= 0.3 is 0 Å². The number of benzene rings is 2. The first-order chi connectivity index (χ1) is 12.5. The van der Waals surface area contributed by atoms with E-state index < -0.39 is 0 Å². The molecule has 0 fully saturated rings. The molecule has 0 aliphatic heterocycles. The molecule has 0 radical (unpaired) electrons. The minimum atomic E-state index is -0.172. The minimum absolute atomic E-state index is 0.172. The van der Waals surface area contributed by atoms with E-state index in [0.717, 1.165) is 27.5 Å². The molecule has 0 saturated carbocycles. The molecule has 6 heteroatoms. The molecule has 0 spiro atoms. The second-order valence-corrected chi connectivity index (χ2v) is 6.74. The zero-order valence-electron chi connectivity index (χ0n) is 15.1. The van der Waals surface area contributed by atoms with Gasteiger partial charge in [0.15, 0.2) is 5.69 Å². The molecule has 6 nitrogen and oxygen atoms in total. The molecular formula is C20H21N5O. The van der Waals surface area contributed by atoms with Gasteiger partial charge in [0.1, 0.15) is 0 Å². The fourth-order valence-electron chi connectivity index (χ4n) is 3.25. The van der Waals surface area contributed by atoms with Gasteiger partial charge < -0.3 is 9.88 Å². The second-order valence-electron chi connectivity index (χ2n) is 6.74. The van der Waals surface area contributed by atoms with E-state index in [9.17, 15) is 4.79 Å². The van der Waals surface area contributed by atoms with E-state index in [0.29, 0.717) is 18.3 Å². The quantitative estimate of drug-likeness (QED) is 0.615. The smallest absolute Gasteiger partial charge is 0.272 e. The summed E-state index contributed by atoms with van der Waals surface area (Å²) in [4.78, 5) is 17.1. The van der Waals surface area contributed by atoms with Crippen LogP contribution in [0.5, 0.6) is 0 Å². The van der Waals surface area contributed by atoms with Crippen molar-refractivity contribution in [2.45, 2.75) is 26.4 Å². The lowest BCUT2D eigenvalue weighted by atomic mass is 10.1. The van der Waals surface area contributed by atoms with Crippen LogP contribution in [0.3, 0.4) is 0 Å². The molecule has 0 aliphatic rings. The molecule has 132 valence electrons. The van der Waals surface area contributed by atoms with Gasteiger partial charge in [-0.1, -0.05) is 24.3 Å². The topological polar surface area (TPSA) is 64.7 Å². The highest BCUT2D eigenvalue weighted by Gasteiger charge is 2.15. The molecule has 0 unspecified atom stereocenters. The van der Waals surface area contributed by atoms with E-state index in [1.54, 1.807) is 4.68 Å². The number of nitrogens with one attached hydrogen (secondary N) is 1. The molecule has 0 saturated heterocycles. The number of hydrogen-bond donors (Lipinski definition) is 1. The fraction of sp³-hybridized carbons (Fsp3) is 0.250. The average Bonchev–Trinajstić information content (AvgIpc) is 3.21. The molecule has 4 aromatic rings. The van der Waals surface area contributed by atoms with Gasteiger partial charge in [-0.25, -0.2) is 4.98 Å². The number of fused-ring (bicyclic) bond motifs is 2. The number of nitrogens with zero attached hydrogens (tertiary/aromatic N) is 4. The summed E-state index contributed by atoms with van der Waals surface area (Å²) in [7, 11) is 1.85. The third-order valence-corrected chi connectivity index (χ3v) is 4.62. The van der Waals surface area contributed by atoms with E-state index in [1.165, 1.54) is 0 Å². The van der Waals surface area contributed by atoms with Crippen LogP contribution in [0.2, 0.25) is 0 Å². The minimum Gasteiger partial charge on any atom is -0.347 e. The Hall–Kier alpha value is -3.15. The van der Waals surface area contributed by atoms with Gasteiger partial charge in [0, 0.05) is 25.0 Å². The molecule has 0 aliphatic carbocycles. The molecule has 0 bridgehead atoms. The van der Waals surface area contributed by atoms with Gasteiger partial charge in [0.05, 0.1) is 22.9 Å². The summed E-state index contributed by atoms with van der Waals surface area (Å²) in [5, 5.41) is 8.19. The zero-order chi connectivity index (χ0) is 18.3. The third kappa shape index (κ3) is 2.73. The summed E-state index contributed by atoms with van der Waals surface area (Å²) in [6.07, 6.45) is 1.86. The summed E-state index contributed by atoms with van der Waals surface area (Å²) < 4.78 is 3.87. The van der Waals surface area contributed by atoms with Crippen LogP contribution in [-0.4, -0.2) is 25.2 Å². The number of carbonyl (C=O) groups is 1. The lowest BCUT2D eigenvalue weighted by molar-refractivity contribution is 0.0947. The van der Waals surface area contributed by atoms with Crippen molar-refractivity contribution in [3.63, 3.8) is 0 Å². The van der Waals surface area contributed by atoms with Gasteiger partial charge in [0.25, 0.3) is 5.91 Å². The Kier molecular flexibility index (Phi) is 3.95.